The molecular weight excluding hydrogens is 180 g/mol. The van der Waals surface area contributed by atoms with E-state index >= 15 is 0 Å². The van der Waals surface area contributed by atoms with Crippen molar-refractivity contribution in [2.45, 2.75) is 45.4 Å². The van der Waals surface area contributed by atoms with E-state index in [1.54, 1.807) is 0 Å². The number of hydrogen-bond donors (Lipinski definition) is 3. The second-order valence-corrected chi connectivity index (χ2v) is 3.57. The Kier molecular flexibility index (Phi) is 8.57. The van der Waals surface area contributed by atoms with Crippen molar-refractivity contribution in [2.75, 3.05) is 6.61 Å². The highest BCUT2D eigenvalue weighted by atomic mass is 16.3. The molecule has 4 nitrogen and oxygen atoms in total. The van der Waals surface area contributed by atoms with Crippen LogP contribution in [0.2, 0.25) is 0 Å². The van der Waals surface area contributed by atoms with Crippen molar-refractivity contribution in [3.8, 4) is 0 Å². The predicted molar refractivity (Wildman–Crippen MR) is 56.3 cm³/mol. The number of hydrogen-bond acceptors (Lipinski definition) is 3. The van der Waals surface area contributed by atoms with E-state index in [-0.39, 0.29) is 18.4 Å². The molecule has 0 radical (unpaired) electrons. The minimum Gasteiger partial charge on any atom is -0.396 e. The lowest BCUT2D eigenvalue weighted by molar-refractivity contribution is -0.125. The molecule has 1 atom stereocenters. The summed E-state index contributed by atoms with van der Waals surface area (Å²) in [6.07, 6.45) is 5.91. The molecule has 0 aliphatic heterocycles. The number of aliphatic hydroxyl groups is 1. The van der Waals surface area contributed by atoms with Crippen molar-refractivity contribution in [1.29, 1.82) is 0 Å². The van der Waals surface area contributed by atoms with Gasteiger partial charge in [-0.2, -0.15) is 0 Å². The molecule has 4 heteroatoms. The quantitative estimate of drug-likeness (QED) is 0.237. The number of unbranched alkanes of at least 4 members (excludes halogenated alkanes) is 3. The molecule has 14 heavy (non-hydrogen) atoms. The van der Waals surface area contributed by atoms with Gasteiger partial charge in [-0.3, -0.25) is 10.2 Å². The topological polar surface area (TPSA) is 75.3 Å². The Balaban J connectivity index is 3.67. The summed E-state index contributed by atoms with van der Waals surface area (Å²) in [5, 5.41) is 8.76. The van der Waals surface area contributed by atoms with Crippen LogP contribution >= 0.6 is 0 Å². The first-order valence-electron chi connectivity index (χ1n) is 5.37. The average Bonchev–Trinajstić information content (AvgIpc) is 2.21. The fourth-order valence-electron chi connectivity index (χ4n) is 1.50. The van der Waals surface area contributed by atoms with Crippen LogP contribution in [0.3, 0.4) is 0 Å². The van der Waals surface area contributed by atoms with Crippen molar-refractivity contribution in [3.05, 3.63) is 0 Å². The second kappa shape index (κ2) is 8.97. The van der Waals surface area contributed by atoms with E-state index in [2.05, 4.69) is 12.3 Å². The molecule has 0 aliphatic rings. The number of carbonyl (C=O) groups excluding carboxylic acids is 1. The fourth-order valence-corrected chi connectivity index (χ4v) is 1.50. The summed E-state index contributed by atoms with van der Waals surface area (Å²) in [6, 6.07) is 0. The number of carbonyl (C=O) groups is 1. The van der Waals surface area contributed by atoms with Crippen molar-refractivity contribution in [3.63, 3.8) is 0 Å². The summed E-state index contributed by atoms with van der Waals surface area (Å²) in [6.45, 7) is 2.20. The SMILES string of the molecule is CCCCCCC(CCO)C(=O)NN. The van der Waals surface area contributed by atoms with Crippen LogP contribution in [0.25, 0.3) is 0 Å². The monoisotopic (exact) mass is 202 g/mol. The Hall–Kier alpha value is -0.610. The van der Waals surface area contributed by atoms with Gasteiger partial charge >= 0.3 is 0 Å². The predicted octanol–water partition coefficient (Wildman–Crippen LogP) is 0.945. The maximum atomic E-state index is 11.2. The molecule has 0 spiro atoms. The van der Waals surface area contributed by atoms with E-state index < -0.39 is 0 Å². The van der Waals surface area contributed by atoms with Crippen LogP contribution in [-0.2, 0) is 4.79 Å². The van der Waals surface area contributed by atoms with Gasteiger partial charge in [0, 0.05) is 12.5 Å². The molecule has 0 aliphatic carbocycles. The van der Waals surface area contributed by atoms with Crippen LogP contribution < -0.4 is 11.3 Å². The van der Waals surface area contributed by atoms with E-state index in [1.807, 2.05) is 0 Å². The molecule has 0 fully saturated rings. The Morgan fingerprint density at radius 2 is 2.07 bits per heavy atom. The molecule has 0 saturated heterocycles. The normalized spacial score (nSPS) is 12.5. The smallest absolute Gasteiger partial charge is 0.237 e. The van der Waals surface area contributed by atoms with Gasteiger partial charge < -0.3 is 5.11 Å². The van der Waals surface area contributed by atoms with Gasteiger partial charge in [-0.25, -0.2) is 5.84 Å². The van der Waals surface area contributed by atoms with Crippen LogP contribution in [0.1, 0.15) is 45.4 Å². The van der Waals surface area contributed by atoms with Crippen LogP contribution in [0.4, 0.5) is 0 Å². The lowest BCUT2D eigenvalue weighted by atomic mass is 9.97. The van der Waals surface area contributed by atoms with Crippen LogP contribution in [-0.4, -0.2) is 17.6 Å². The molecule has 0 aromatic heterocycles. The number of rotatable bonds is 8. The first kappa shape index (κ1) is 13.4. The first-order chi connectivity index (χ1) is 6.76. The zero-order valence-electron chi connectivity index (χ0n) is 8.96. The van der Waals surface area contributed by atoms with Crippen molar-refractivity contribution in [2.24, 2.45) is 11.8 Å². The Bertz CT molecular complexity index is 151. The molecule has 0 bridgehead atoms. The zero-order chi connectivity index (χ0) is 10.8. The van der Waals surface area contributed by atoms with Crippen molar-refractivity contribution >= 4 is 5.91 Å². The number of amides is 1. The maximum absolute atomic E-state index is 11.2. The van der Waals surface area contributed by atoms with Crippen LogP contribution in [0.5, 0.6) is 0 Å². The van der Waals surface area contributed by atoms with Gasteiger partial charge in [-0.05, 0) is 12.8 Å². The van der Waals surface area contributed by atoms with E-state index in [9.17, 15) is 4.79 Å². The van der Waals surface area contributed by atoms with E-state index in [0.29, 0.717) is 6.42 Å². The fraction of sp³-hybridized carbons (Fsp3) is 0.900. The third-order valence-corrected chi connectivity index (χ3v) is 2.40. The molecule has 84 valence electrons. The number of nitrogens with two attached hydrogens (primary N) is 1. The van der Waals surface area contributed by atoms with Gasteiger partial charge in [-0.15, -0.1) is 0 Å². The molecule has 0 aromatic rings. The van der Waals surface area contributed by atoms with E-state index in [1.165, 1.54) is 12.8 Å². The highest BCUT2D eigenvalue weighted by Gasteiger charge is 2.15. The summed E-state index contributed by atoms with van der Waals surface area (Å²) >= 11 is 0. The molecule has 4 N–H and O–H groups in total. The third kappa shape index (κ3) is 5.94. The molecule has 1 unspecified atom stereocenters. The minimum absolute atomic E-state index is 0.0475. The standard InChI is InChI=1S/C10H22N2O2/c1-2-3-4-5-6-9(7-8-13)10(14)12-11/h9,13H,2-8,11H2,1H3,(H,12,14). The van der Waals surface area contributed by atoms with Gasteiger partial charge in [-0.1, -0.05) is 32.6 Å². The summed E-state index contributed by atoms with van der Waals surface area (Å²) in [4.78, 5) is 11.2. The molecule has 0 aromatic carbocycles. The minimum atomic E-state index is -0.157. The van der Waals surface area contributed by atoms with Crippen molar-refractivity contribution in [1.82, 2.24) is 5.43 Å². The van der Waals surface area contributed by atoms with Gasteiger partial charge in [0.25, 0.3) is 0 Å². The lowest BCUT2D eigenvalue weighted by Crippen LogP contribution is -2.36. The summed E-state index contributed by atoms with van der Waals surface area (Å²) in [7, 11) is 0. The highest BCUT2D eigenvalue weighted by molar-refractivity contribution is 5.77. The van der Waals surface area contributed by atoms with Crippen molar-refractivity contribution < 1.29 is 9.90 Å². The van der Waals surface area contributed by atoms with Gasteiger partial charge in [0.15, 0.2) is 0 Å². The van der Waals surface area contributed by atoms with Gasteiger partial charge in [0.05, 0.1) is 0 Å². The Labute approximate surface area is 85.8 Å². The number of nitrogens with one attached hydrogen (secondary N) is 1. The Morgan fingerprint density at radius 3 is 2.57 bits per heavy atom. The van der Waals surface area contributed by atoms with Crippen LogP contribution in [0, 0.1) is 5.92 Å². The average molecular weight is 202 g/mol. The molecule has 0 heterocycles. The lowest BCUT2D eigenvalue weighted by Gasteiger charge is -2.13. The second-order valence-electron chi connectivity index (χ2n) is 3.57. The summed E-state index contributed by atoms with van der Waals surface area (Å²) in [5.41, 5.74) is 2.14. The Morgan fingerprint density at radius 1 is 1.36 bits per heavy atom. The largest absolute Gasteiger partial charge is 0.396 e. The molecule has 1 amide bonds. The maximum Gasteiger partial charge on any atom is 0.237 e. The van der Waals surface area contributed by atoms with E-state index in [4.69, 9.17) is 10.9 Å². The number of hydrazine groups is 1. The summed E-state index contributed by atoms with van der Waals surface area (Å²) < 4.78 is 0. The number of aliphatic hydroxyl groups excluding tert-OH is 1. The first-order valence-corrected chi connectivity index (χ1v) is 5.37. The summed E-state index contributed by atoms with van der Waals surface area (Å²) in [5.74, 6) is 4.77. The third-order valence-electron chi connectivity index (χ3n) is 2.40. The van der Waals surface area contributed by atoms with Crippen LogP contribution in [0.15, 0.2) is 0 Å². The van der Waals surface area contributed by atoms with Gasteiger partial charge in [0.1, 0.15) is 0 Å². The molecule has 0 saturated carbocycles. The molecule has 0 rings (SSSR count). The molecular formula is C10H22N2O2. The van der Waals surface area contributed by atoms with Gasteiger partial charge in [0.2, 0.25) is 5.91 Å². The highest BCUT2D eigenvalue weighted by Crippen LogP contribution is 2.14. The zero-order valence-corrected chi connectivity index (χ0v) is 8.96. The van der Waals surface area contributed by atoms with E-state index in [0.717, 1.165) is 19.3 Å².